The average Bonchev–Trinajstić information content (AvgIpc) is 2.83. The van der Waals surface area contributed by atoms with Crippen molar-refractivity contribution in [1.29, 1.82) is 0 Å². The van der Waals surface area contributed by atoms with Crippen LogP contribution in [0.2, 0.25) is 0 Å². The van der Waals surface area contributed by atoms with Crippen LogP contribution in [0.4, 0.5) is 0 Å². The van der Waals surface area contributed by atoms with E-state index in [1.807, 2.05) is 24.3 Å². The lowest BCUT2D eigenvalue weighted by Crippen LogP contribution is -2.33. The number of amides is 1. The molecule has 4 nitrogen and oxygen atoms in total. The number of nitrogens with zero attached hydrogens (tertiary/aromatic N) is 1. The molecule has 1 saturated heterocycles. The third-order valence-corrected chi connectivity index (χ3v) is 3.41. The molecule has 19 heavy (non-hydrogen) atoms. The fourth-order valence-electron chi connectivity index (χ4n) is 2.29. The van der Waals surface area contributed by atoms with E-state index in [-0.39, 0.29) is 18.6 Å². The van der Waals surface area contributed by atoms with E-state index >= 15 is 0 Å². The van der Waals surface area contributed by atoms with Gasteiger partial charge < -0.3 is 14.7 Å². The highest BCUT2D eigenvalue weighted by Gasteiger charge is 2.24. The van der Waals surface area contributed by atoms with Crippen molar-refractivity contribution in [3.05, 3.63) is 29.8 Å². The number of rotatable bonds is 4. The predicted octanol–water partition coefficient (Wildman–Crippen LogP) is 1.78. The molecule has 1 atom stereocenters. The Morgan fingerprint density at radius 1 is 1.47 bits per heavy atom. The summed E-state index contributed by atoms with van der Waals surface area (Å²) in [5.41, 5.74) is 1.11. The molecule has 0 unspecified atom stereocenters. The Hall–Kier alpha value is -1.55. The number of β-amino-alcohol motifs (C(OH)–C–C–N with tert-alkyl or cyclic N) is 1. The van der Waals surface area contributed by atoms with Gasteiger partial charge in [0.15, 0.2) is 6.61 Å². The van der Waals surface area contributed by atoms with Crippen LogP contribution in [0.15, 0.2) is 24.3 Å². The second kappa shape index (κ2) is 6.06. The van der Waals surface area contributed by atoms with Gasteiger partial charge >= 0.3 is 0 Å². The van der Waals surface area contributed by atoms with Crippen LogP contribution in [0.1, 0.15) is 31.7 Å². The van der Waals surface area contributed by atoms with Crippen LogP contribution in [0.25, 0.3) is 0 Å². The van der Waals surface area contributed by atoms with Crippen molar-refractivity contribution >= 4 is 5.91 Å². The molecule has 1 amide bonds. The molecule has 1 heterocycles. The molecule has 0 spiro atoms. The summed E-state index contributed by atoms with van der Waals surface area (Å²) in [5.74, 6) is 1.07. The molecule has 0 radical (unpaired) electrons. The fourth-order valence-corrected chi connectivity index (χ4v) is 2.29. The van der Waals surface area contributed by atoms with Gasteiger partial charge in [0.05, 0.1) is 6.10 Å². The van der Waals surface area contributed by atoms with Gasteiger partial charge in [-0.05, 0) is 24.0 Å². The minimum atomic E-state index is -0.382. The van der Waals surface area contributed by atoms with E-state index in [0.29, 0.717) is 25.4 Å². The van der Waals surface area contributed by atoms with Crippen LogP contribution in [0, 0.1) is 0 Å². The molecular formula is C15H21NO3. The van der Waals surface area contributed by atoms with Crippen molar-refractivity contribution in [1.82, 2.24) is 4.90 Å². The zero-order valence-corrected chi connectivity index (χ0v) is 11.5. The maximum Gasteiger partial charge on any atom is 0.260 e. The van der Waals surface area contributed by atoms with Gasteiger partial charge in [-0.15, -0.1) is 0 Å². The van der Waals surface area contributed by atoms with Crippen molar-refractivity contribution in [2.24, 2.45) is 0 Å². The summed E-state index contributed by atoms with van der Waals surface area (Å²) in [6.07, 6.45) is 0.279. The number of hydrogen-bond acceptors (Lipinski definition) is 3. The number of para-hydroxylation sites is 1. The SMILES string of the molecule is CC(C)c1ccccc1OCC(=O)N1CC[C@H](O)C1. The first kappa shape index (κ1) is 13.9. The Kier molecular flexibility index (Phi) is 4.43. The van der Waals surface area contributed by atoms with Gasteiger partial charge in [-0.1, -0.05) is 32.0 Å². The van der Waals surface area contributed by atoms with E-state index in [0.717, 1.165) is 11.3 Å². The van der Waals surface area contributed by atoms with E-state index in [4.69, 9.17) is 4.74 Å². The third-order valence-electron chi connectivity index (χ3n) is 3.41. The van der Waals surface area contributed by atoms with Crippen LogP contribution in [0.5, 0.6) is 5.75 Å². The number of aliphatic hydroxyl groups excluding tert-OH is 1. The summed E-state index contributed by atoms with van der Waals surface area (Å²) in [6, 6.07) is 7.79. The average molecular weight is 263 g/mol. The number of hydrogen-bond donors (Lipinski definition) is 1. The molecule has 0 aromatic heterocycles. The molecule has 2 rings (SSSR count). The largest absolute Gasteiger partial charge is 0.483 e. The summed E-state index contributed by atoms with van der Waals surface area (Å²) in [6.45, 7) is 5.28. The van der Waals surface area contributed by atoms with E-state index in [1.165, 1.54) is 0 Å². The van der Waals surface area contributed by atoms with E-state index in [9.17, 15) is 9.90 Å². The van der Waals surface area contributed by atoms with Gasteiger partial charge in [0.1, 0.15) is 5.75 Å². The zero-order valence-electron chi connectivity index (χ0n) is 11.5. The Morgan fingerprint density at radius 3 is 2.84 bits per heavy atom. The topological polar surface area (TPSA) is 49.8 Å². The molecule has 0 saturated carbocycles. The number of carbonyl (C=O) groups excluding carboxylic acids is 1. The van der Waals surface area contributed by atoms with Crippen LogP contribution >= 0.6 is 0 Å². The quantitative estimate of drug-likeness (QED) is 0.901. The highest BCUT2D eigenvalue weighted by Crippen LogP contribution is 2.25. The molecule has 104 valence electrons. The highest BCUT2D eigenvalue weighted by atomic mass is 16.5. The number of aliphatic hydroxyl groups is 1. The van der Waals surface area contributed by atoms with Crippen LogP contribution < -0.4 is 4.74 Å². The third kappa shape index (κ3) is 3.47. The van der Waals surface area contributed by atoms with Gasteiger partial charge in [0.25, 0.3) is 5.91 Å². The van der Waals surface area contributed by atoms with Gasteiger partial charge in [-0.3, -0.25) is 4.79 Å². The van der Waals surface area contributed by atoms with Crippen molar-refractivity contribution in [2.45, 2.75) is 32.3 Å². The zero-order chi connectivity index (χ0) is 13.8. The normalized spacial score (nSPS) is 18.9. The van der Waals surface area contributed by atoms with Gasteiger partial charge in [0.2, 0.25) is 0 Å². The van der Waals surface area contributed by atoms with Gasteiger partial charge in [0, 0.05) is 13.1 Å². The Labute approximate surface area is 114 Å². The first-order valence-electron chi connectivity index (χ1n) is 6.75. The molecule has 0 bridgehead atoms. The fraction of sp³-hybridized carbons (Fsp3) is 0.533. The van der Waals surface area contributed by atoms with Crippen molar-refractivity contribution < 1.29 is 14.6 Å². The number of likely N-dealkylation sites (tertiary alicyclic amines) is 1. The molecule has 0 aliphatic carbocycles. The number of ether oxygens (including phenoxy) is 1. The summed E-state index contributed by atoms with van der Waals surface area (Å²) in [7, 11) is 0. The molecule has 4 heteroatoms. The molecule has 1 fully saturated rings. The molecular weight excluding hydrogens is 242 g/mol. The summed E-state index contributed by atoms with van der Waals surface area (Å²) in [4.78, 5) is 13.6. The van der Waals surface area contributed by atoms with Crippen LogP contribution in [0.3, 0.4) is 0 Å². The smallest absolute Gasteiger partial charge is 0.260 e. The van der Waals surface area contributed by atoms with Crippen molar-refractivity contribution in [3.63, 3.8) is 0 Å². The molecule has 1 aromatic rings. The Morgan fingerprint density at radius 2 is 2.21 bits per heavy atom. The number of carbonyl (C=O) groups is 1. The molecule has 1 aliphatic heterocycles. The second-order valence-corrected chi connectivity index (χ2v) is 5.26. The minimum absolute atomic E-state index is 0.0381. The molecule has 1 aromatic carbocycles. The Balaban J connectivity index is 1.93. The maximum atomic E-state index is 11.9. The lowest BCUT2D eigenvalue weighted by atomic mass is 10.0. The molecule has 1 aliphatic rings. The lowest BCUT2D eigenvalue weighted by molar-refractivity contribution is -0.132. The van der Waals surface area contributed by atoms with Crippen LogP contribution in [-0.4, -0.2) is 41.7 Å². The summed E-state index contributed by atoms with van der Waals surface area (Å²) in [5, 5.41) is 9.42. The second-order valence-electron chi connectivity index (χ2n) is 5.26. The first-order valence-corrected chi connectivity index (χ1v) is 6.75. The highest BCUT2D eigenvalue weighted by molar-refractivity contribution is 5.78. The lowest BCUT2D eigenvalue weighted by Gasteiger charge is -2.18. The Bertz CT molecular complexity index is 445. The summed E-state index contributed by atoms with van der Waals surface area (Å²) >= 11 is 0. The van der Waals surface area contributed by atoms with E-state index in [2.05, 4.69) is 13.8 Å². The monoisotopic (exact) mass is 263 g/mol. The summed E-state index contributed by atoms with van der Waals surface area (Å²) < 4.78 is 5.64. The first-order chi connectivity index (χ1) is 9.08. The van der Waals surface area contributed by atoms with Crippen LogP contribution in [-0.2, 0) is 4.79 Å². The maximum absolute atomic E-state index is 11.9. The van der Waals surface area contributed by atoms with E-state index in [1.54, 1.807) is 4.90 Å². The van der Waals surface area contributed by atoms with Crippen molar-refractivity contribution in [3.8, 4) is 5.75 Å². The minimum Gasteiger partial charge on any atom is -0.483 e. The van der Waals surface area contributed by atoms with E-state index < -0.39 is 0 Å². The number of benzene rings is 1. The van der Waals surface area contributed by atoms with Gasteiger partial charge in [-0.2, -0.15) is 0 Å². The standard InChI is InChI=1S/C15H21NO3/c1-11(2)13-5-3-4-6-14(13)19-10-15(18)16-8-7-12(17)9-16/h3-6,11-12,17H,7-10H2,1-2H3/t12-/m0/s1. The van der Waals surface area contributed by atoms with Crippen molar-refractivity contribution in [2.75, 3.05) is 19.7 Å². The molecule has 1 N–H and O–H groups in total. The predicted molar refractivity (Wildman–Crippen MR) is 73.2 cm³/mol. The van der Waals surface area contributed by atoms with Gasteiger partial charge in [-0.25, -0.2) is 0 Å².